The fraction of sp³-hybridized carbons (Fsp3) is 0.278. The first-order valence-electron chi connectivity index (χ1n) is 7.68. The second-order valence-corrected chi connectivity index (χ2v) is 5.95. The van der Waals surface area contributed by atoms with Crippen LogP contribution < -0.4 is 32.5 Å². The van der Waals surface area contributed by atoms with Crippen molar-refractivity contribution in [3.8, 4) is 11.5 Å². The molecule has 0 spiro atoms. The molecule has 0 radical (unpaired) electrons. The number of amides is 1. The summed E-state index contributed by atoms with van der Waals surface area (Å²) in [6.07, 6.45) is 0. The summed E-state index contributed by atoms with van der Waals surface area (Å²) >= 11 is 3.48. The van der Waals surface area contributed by atoms with Gasteiger partial charge in [0.2, 0.25) is 0 Å². The quantitative estimate of drug-likeness (QED) is 0.646. The van der Waals surface area contributed by atoms with Crippen LogP contribution in [0.4, 0.5) is 5.69 Å². The molecule has 0 heterocycles. The van der Waals surface area contributed by atoms with E-state index in [9.17, 15) is 4.79 Å². The Kier molecular flexibility index (Phi) is 9.34. The van der Waals surface area contributed by atoms with Crippen molar-refractivity contribution in [2.24, 2.45) is 0 Å². The van der Waals surface area contributed by atoms with Gasteiger partial charge in [-0.3, -0.25) is 4.79 Å². The second kappa shape index (κ2) is 11.0. The van der Waals surface area contributed by atoms with Crippen molar-refractivity contribution in [1.82, 2.24) is 5.32 Å². The lowest BCUT2D eigenvalue weighted by atomic mass is 10.2. The average Bonchev–Trinajstić information content (AvgIpc) is 2.59. The first-order valence-corrected chi connectivity index (χ1v) is 8.48. The molecule has 0 aliphatic carbocycles. The van der Waals surface area contributed by atoms with E-state index in [0.29, 0.717) is 11.5 Å². The summed E-state index contributed by atoms with van der Waals surface area (Å²) in [7, 11) is 1.58. The molecule has 0 aliphatic heterocycles. The minimum Gasteiger partial charge on any atom is -1.00 e. The van der Waals surface area contributed by atoms with Gasteiger partial charge >= 0.3 is 0 Å². The highest BCUT2D eigenvalue weighted by atomic mass is 79.9. The normalized spacial score (nSPS) is 9.88. The van der Waals surface area contributed by atoms with E-state index in [1.165, 1.54) is 0 Å². The Morgan fingerprint density at radius 2 is 1.92 bits per heavy atom. The summed E-state index contributed by atoms with van der Waals surface area (Å²) in [4.78, 5) is 12.0. The van der Waals surface area contributed by atoms with E-state index in [2.05, 4.69) is 33.5 Å². The highest BCUT2D eigenvalue weighted by molar-refractivity contribution is 9.10. The molecule has 2 N–H and O–H groups in total. The number of carbonyl (C=O) groups excluding carboxylic acids is 1. The van der Waals surface area contributed by atoms with Gasteiger partial charge in [-0.15, -0.1) is 0 Å². The van der Waals surface area contributed by atoms with Gasteiger partial charge in [0.15, 0.2) is 18.1 Å². The molecule has 0 unspecified atom stereocenters. The number of halogens is 2. The number of para-hydroxylation sites is 1. The number of nitrogens with one attached hydrogen (secondary N) is 2. The molecular formula is C18H21BrClN2O3-. The molecule has 0 aromatic heterocycles. The predicted octanol–water partition coefficient (Wildman–Crippen LogP) is 0.589. The van der Waals surface area contributed by atoms with Crippen LogP contribution in [0.25, 0.3) is 0 Å². The minimum atomic E-state index is -0.230. The van der Waals surface area contributed by atoms with E-state index in [0.717, 1.165) is 28.8 Å². The molecule has 0 saturated heterocycles. The maximum atomic E-state index is 12.0. The second-order valence-electron chi connectivity index (χ2n) is 5.09. The molecule has 25 heavy (non-hydrogen) atoms. The Labute approximate surface area is 162 Å². The van der Waals surface area contributed by atoms with E-state index < -0.39 is 0 Å². The van der Waals surface area contributed by atoms with Crippen LogP contribution in [0.2, 0.25) is 0 Å². The van der Waals surface area contributed by atoms with Gasteiger partial charge in [-0.25, -0.2) is 0 Å². The van der Waals surface area contributed by atoms with Crippen LogP contribution in [0, 0.1) is 0 Å². The maximum Gasteiger partial charge on any atom is 0.262 e. The SMILES string of the molecule is CCNCc1cc(Br)c(OCC(=O)Nc2ccccc2)c(OC)c1.[Cl-]. The van der Waals surface area contributed by atoms with E-state index in [-0.39, 0.29) is 24.9 Å². The number of methoxy groups -OCH3 is 1. The van der Waals surface area contributed by atoms with Crippen LogP contribution in [0.3, 0.4) is 0 Å². The highest BCUT2D eigenvalue weighted by Gasteiger charge is 2.13. The van der Waals surface area contributed by atoms with Crippen LogP contribution >= 0.6 is 15.9 Å². The van der Waals surface area contributed by atoms with Crippen molar-refractivity contribution in [2.45, 2.75) is 13.5 Å². The van der Waals surface area contributed by atoms with Crippen LogP contribution in [0.15, 0.2) is 46.9 Å². The molecule has 1 amide bonds. The molecule has 5 nitrogen and oxygen atoms in total. The Hall–Kier alpha value is -1.76. The summed E-state index contributed by atoms with van der Waals surface area (Å²) in [6.45, 7) is 3.57. The van der Waals surface area contributed by atoms with Crippen LogP contribution in [0.5, 0.6) is 11.5 Å². The molecule has 2 aromatic carbocycles. The van der Waals surface area contributed by atoms with Crippen LogP contribution in [0.1, 0.15) is 12.5 Å². The van der Waals surface area contributed by atoms with Crippen molar-refractivity contribution >= 4 is 27.5 Å². The van der Waals surface area contributed by atoms with E-state index in [1.807, 2.05) is 42.5 Å². The van der Waals surface area contributed by atoms with Crippen LogP contribution in [-0.2, 0) is 11.3 Å². The monoisotopic (exact) mass is 427 g/mol. The van der Waals surface area contributed by atoms with Gasteiger partial charge in [0, 0.05) is 12.2 Å². The van der Waals surface area contributed by atoms with Crippen molar-refractivity contribution < 1.29 is 26.7 Å². The Morgan fingerprint density at radius 3 is 2.56 bits per heavy atom. The topological polar surface area (TPSA) is 59.6 Å². The zero-order chi connectivity index (χ0) is 17.4. The van der Waals surface area contributed by atoms with Crippen molar-refractivity contribution in [2.75, 3.05) is 25.6 Å². The van der Waals surface area contributed by atoms with Crippen molar-refractivity contribution in [3.63, 3.8) is 0 Å². The van der Waals surface area contributed by atoms with Gasteiger partial charge < -0.3 is 32.5 Å². The van der Waals surface area contributed by atoms with Gasteiger partial charge in [0.05, 0.1) is 11.6 Å². The third-order valence-electron chi connectivity index (χ3n) is 3.27. The zero-order valence-corrected chi connectivity index (χ0v) is 16.5. The Bertz CT molecular complexity index is 684. The number of rotatable bonds is 8. The Morgan fingerprint density at radius 1 is 1.20 bits per heavy atom. The lowest BCUT2D eigenvalue weighted by Crippen LogP contribution is -3.00. The molecule has 0 fully saturated rings. The van der Waals surface area contributed by atoms with Gasteiger partial charge in [-0.1, -0.05) is 25.1 Å². The third kappa shape index (κ3) is 6.57. The smallest absolute Gasteiger partial charge is 0.262 e. The lowest BCUT2D eigenvalue weighted by molar-refractivity contribution is -0.118. The number of anilines is 1. The molecule has 136 valence electrons. The number of carbonyl (C=O) groups is 1. The minimum absolute atomic E-state index is 0. The number of ether oxygens (including phenoxy) is 2. The van der Waals surface area contributed by atoms with Gasteiger partial charge in [-0.05, 0) is 52.3 Å². The van der Waals surface area contributed by atoms with Crippen molar-refractivity contribution in [3.05, 3.63) is 52.5 Å². The van der Waals surface area contributed by atoms with Gasteiger partial charge in [-0.2, -0.15) is 0 Å². The molecule has 2 rings (SSSR count). The summed E-state index contributed by atoms with van der Waals surface area (Å²) in [5.74, 6) is 0.873. The number of hydrogen-bond donors (Lipinski definition) is 2. The van der Waals surface area contributed by atoms with Gasteiger partial charge in [0.25, 0.3) is 5.91 Å². The van der Waals surface area contributed by atoms with E-state index in [4.69, 9.17) is 9.47 Å². The van der Waals surface area contributed by atoms with E-state index >= 15 is 0 Å². The first kappa shape index (κ1) is 21.3. The summed E-state index contributed by atoms with van der Waals surface area (Å²) in [5, 5.41) is 6.04. The van der Waals surface area contributed by atoms with Crippen molar-refractivity contribution in [1.29, 1.82) is 0 Å². The van der Waals surface area contributed by atoms with E-state index in [1.54, 1.807) is 7.11 Å². The average molecular weight is 429 g/mol. The molecule has 0 saturated carbocycles. The summed E-state index contributed by atoms with van der Waals surface area (Å²) in [5.41, 5.74) is 1.81. The predicted molar refractivity (Wildman–Crippen MR) is 98.6 cm³/mol. The molecule has 7 heteroatoms. The molecule has 2 aromatic rings. The molecule has 0 aliphatic rings. The third-order valence-corrected chi connectivity index (χ3v) is 3.86. The highest BCUT2D eigenvalue weighted by Crippen LogP contribution is 2.36. The standard InChI is InChI=1S/C18H21BrN2O3.ClH/c1-3-20-11-13-9-15(19)18(16(10-13)23-2)24-12-17(22)21-14-7-5-4-6-8-14;/h4-10,20H,3,11-12H2,1-2H3,(H,21,22);1H/p-1. The molecule has 0 bridgehead atoms. The zero-order valence-electron chi connectivity index (χ0n) is 14.1. The Balaban J connectivity index is 0.00000312. The fourth-order valence-electron chi connectivity index (χ4n) is 2.14. The fourth-order valence-corrected chi connectivity index (χ4v) is 2.74. The maximum absolute atomic E-state index is 12.0. The van der Waals surface area contributed by atoms with Crippen LogP contribution in [-0.4, -0.2) is 26.2 Å². The number of benzene rings is 2. The lowest BCUT2D eigenvalue weighted by Gasteiger charge is -2.14. The molecule has 0 atom stereocenters. The molecular weight excluding hydrogens is 408 g/mol. The summed E-state index contributed by atoms with van der Waals surface area (Å²) < 4.78 is 11.8. The first-order chi connectivity index (χ1) is 11.6. The largest absolute Gasteiger partial charge is 1.00 e. The number of hydrogen-bond acceptors (Lipinski definition) is 4. The van der Waals surface area contributed by atoms with Gasteiger partial charge in [0.1, 0.15) is 0 Å². The summed E-state index contributed by atoms with van der Waals surface area (Å²) in [6, 6.07) is 13.1.